The molecule has 1 amide bonds. The van der Waals surface area contributed by atoms with Crippen LogP contribution in [0.4, 0.5) is 5.69 Å². The Hall–Kier alpha value is -1.55. The van der Waals surface area contributed by atoms with Gasteiger partial charge >= 0.3 is 0 Å². The molecular weight excluding hydrogens is 355 g/mol. The van der Waals surface area contributed by atoms with E-state index in [2.05, 4.69) is 17.1 Å². The van der Waals surface area contributed by atoms with Gasteiger partial charge in [0.1, 0.15) is 6.04 Å². The number of carbonyl (C=O) groups excluding carboxylic acids is 1. The maximum absolute atomic E-state index is 13.1. The van der Waals surface area contributed by atoms with Crippen LogP contribution in [0.25, 0.3) is 0 Å². The average Bonchev–Trinajstić information content (AvgIpc) is 2.55. The first kappa shape index (κ1) is 18.2. The van der Waals surface area contributed by atoms with Crippen molar-refractivity contribution < 1.29 is 4.79 Å². The maximum Gasteiger partial charge on any atom is 0.246 e. The third-order valence-corrected chi connectivity index (χ3v) is 4.98. The van der Waals surface area contributed by atoms with E-state index in [1.54, 1.807) is 18.2 Å². The fourth-order valence-electron chi connectivity index (χ4n) is 3.46. The molecule has 1 saturated heterocycles. The minimum atomic E-state index is -0.318. The molecule has 132 valence electrons. The summed E-state index contributed by atoms with van der Waals surface area (Å²) in [6.07, 6.45) is 2.32. The second-order valence-electron chi connectivity index (χ2n) is 6.70. The Morgan fingerprint density at radius 3 is 2.48 bits per heavy atom. The number of amides is 1. The van der Waals surface area contributed by atoms with Crippen molar-refractivity contribution in [1.82, 2.24) is 4.90 Å². The van der Waals surface area contributed by atoms with E-state index < -0.39 is 0 Å². The molecule has 3 rings (SSSR count). The molecule has 3 nitrogen and oxygen atoms in total. The van der Waals surface area contributed by atoms with Gasteiger partial charge in [-0.3, -0.25) is 9.69 Å². The molecule has 1 aliphatic heterocycles. The molecule has 0 spiro atoms. The van der Waals surface area contributed by atoms with Crippen LogP contribution in [-0.2, 0) is 4.79 Å². The van der Waals surface area contributed by atoms with Crippen LogP contribution in [0.5, 0.6) is 0 Å². The van der Waals surface area contributed by atoms with Gasteiger partial charge in [-0.25, -0.2) is 0 Å². The molecule has 5 heteroatoms. The molecule has 0 bridgehead atoms. The van der Waals surface area contributed by atoms with Gasteiger partial charge in [0.2, 0.25) is 5.91 Å². The number of likely N-dealkylation sites (tertiary alicyclic amines) is 1. The number of benzene rings is 2. The van der Waals surface area contributed by atoms with Crippen molar-refractivity contribution in [1.29, 1.82) is 0 Å². The lowest BCUT2D eigenvalue weighted by Gasteiger charge is -2.36. The lowest BCUT2D eigenvalue weighted by Crippen LogP contribution is -2.42. The molecule has 1 heterocycles. The highest BCUT2D eigenvalue weighted by Crippen LogP contribution is 2.29. The van der Waals surface area contributed by atoms with Crippen LogP contribution in [0.15, 0.2) is 48.5 Å². The summed E-state index contributed by atoms with van der Waals surface area (Å²) in [5, 5.41) is 4.00. The minimum absolute atomic E-state index is 0.0568. The highest BCUT2D eigenvalue weighted by atomic mass is 35.5. The zero-order valence-electron chi connectivity index (χ0n) is 14.2. The van der Waals surface area contributed by atoms with Gasteiger partial charge < -0.3 is 5.32 Å². The van der Waals surface area contributed by atoms with E-state index in [9.17, 15) is 4.79 Å². The van der Waals surface area contributed by atoms with Crippen molar-refractivity contribution >= 4 is 34.8 Å². The first-order chi connectivity index (χ1) is 12.0. The van der Waals surface area contributed by atoms with E-state index >= 15 is 0 Å². The van der Waals surface area contributed by atoms with Crippen LogP contribution < -0.4 is 5.32 Å². The number of hydrogen-bond acceptors (Lipinski definition) is 2. The largest absolute Gasteiger partial charge is 0.324 e. The molecular formula is C20H22Cl2N2O. The van der Waals surface area contributed by atoms with Gasteiger partial charge in [0.25, 0.3) is 0 Å². The third-order valence-electron chi connectivity index (χ3n) is 4.55. The zero-order valence-corrected chi connectivity index (χ0v) is 15.7. The normalized spacial score (nSPS) is 19.4. The Labute approximate surface area is 158 Å². The number of nitrogens with zero attached hydrogens (tertiary/aromatic N) is 1. The SMILES string of the molecule is C[C@@H]1CCCN([C@@H](C(=O)Nc2cc(Cl)cc(Cl)c2)c2ccccc2)C1. The third kappa shape index (κ3) is 4.75. The zero-order chi connectivity index (χ0) is 17.8. The van der Waals surface area contributed by atoms with Gasteiger partial charge in [0.15, 0.2) is 0 Å². The van der Waals surface area contributed by atoms with E-state index in [0.717, 1.165) is 25.1 Å². The summed E-state index contributed by atoms with van der Waals surface area (Å²) < 4.78 is 0. The molecule has 2 aromatic rings. The van der Waals surface area contributed by atoms with Gasteiger partial charge in [0, 0.05) is 22.3 Å². The number of piperidine rings is 1. The molecule has 1 fully saturated rings. The van der Waals surface area contributed by atoms with Crippen molar-refractivity contribution in [3.05, 3.63) is 64.1 Å². The molecule has 2 atom stereocenters. The highest BCUT2D eigenvalue weighted by molar-refractivity contribution is 6.35. The van der Waals surface area contributed by atoms with Crippen LogP contribution in [0.2, 0.25) is 10.0 Å². The van der Waals surface area contributed by atoms with Crippen LogP contribution in [0.1, 0.15) is 31.4 Å². The molecule has 0 saturated carbocycles. The predicted molar refractivity (Wildman–Crippen MR) is 104 cm³/mol. The van der Waals surface area contributed by atoms with Gasteiger partial charge in [0.05, 0.1) is 0 Å². The Morgan fingerprint density at radius 1 is 1.16 bits per heavy atom. The summed E-state index contributed by atoms with van der Waals surface area (Å²) in [6, 6.07) is 14.7. The Kier molecular flexibility index (Phi) is 6.00. The fourth-order valence-corrected chi connectivity index (χ4v) is 3.99. The summed E-state index contributed by atoms with van der Waals surface area (Å²) in [5.41, 5.74) is 1.62. The van der Waals surface area contributed by atoms with Crippen molar-refractivity contribution in [2.45, 2.75) is 25.8 Å². The van der Waals surface area contributed by atoms with Gasteiger partial charge in [-0.1, -0.05) is 60.5 Å². The number of nitrogens with one attached hydrogen (secondary N) is 1. The molecule has 1 N–H and O–H groups in total. The lowest BCUT2D eigenvalue weighted by molar-refractivity contribution is -0.122. The average molecular weight is 377 g/mol. The van der Waals surface area contributed by atoms with E-state index in [0.29, 0.717) is 21.7 Å². The number of anilines is 1. The van der Waals surface area contributed by atoms with E-state index in [1.807, 2.05) is 30.3 Å². The van der Waals surface area contributed by atoms with E-state index in [4.69, 9.17) is 23.2 Å². The quantitative estimate of drug-likeness (QED) is 0.773. The second-order valence-corrected chi connectivity index (χ2v) is 7.58. The molecule has 0 unspecified atom stereocenters. The highest BCUT2D eigenvalue weighted by Gasteiger charge is 2.30. The molecule has 25 heavy (non-hydrogen) atoms. The topological polar surface area (TPSA) is 32.3 Å². The minimum Gasteiger partial charge on any atom is -0.324 e. The second kappa shape index (κ2) is 8.22. The molecule has 0 aromatic heterocycles. The maximum atomic E-state index is 13.1. The Bertz CT molecular complexity index is 715. The van der Waals surface area contributed by atoms with E-state index in [-0.39, 0.29) is 11.9 Å². The van der Waals surface area contributed by atoms with Crippen molar-refractivity contribution in [3.8, 4) is 0 Å². The van der Waals surface area contributed by atoms with Crippen LogP contribution in [-0.4, -0.2) is 23.9 Å². The Balaban J connectivity index is 1.86. The predicted octanol–water partition coefficient (Wildman–Crippen LogP) is 5.41. The number of halogens is 2. The molecule has 2 aromatic carbocycles. The summed E-state index contributed by atoms with van der Waals surface area (Å²) in [4.78, 5) is 15.4. The first-order valence-corrected chi connectivity index (χ1v) is 9.34. The standard InChI is InChI=1S/C20H22Cl2N2O/c1-14-6-5-9-24(13-14)19(15-7-3-2-4-8-15)20(25)23-18-11-16(21)10-17(22)12-18/h2-4,7-8,10-12,14,19H,5-6,9,13H2,1H3,(H,23,25)/t14-,19-/m1/s1. The van der Waals surface area contributed by atoms with Gasteiger partial charge in [-0.15, -0.1) is 0 Å². The van der Waals surface area contributed by atoms with Crippen molar-refractivity contribution in [2.75, 3.05) is 18.4 Å². The smallest absolute Gasteiger partial charge is 0.246 e. The molecule has 0 aliphatic carbocycles. The van der Waals surface area contributed by atoms with Gasteiger partial charge in [-0.2, -0.15) is 0 Å². The number of rotatable bonds is 4. The summed E-state index contributed by atoms with van der Waals surface area (Å²) in [6.45, 7) is 4.08. The van der Waals surface area contributed by atoms with Crippen LogP contribution >= 0.6 is 23.2 Å². The van der Waals surface area contributed by atoms with Crippen LogP contribution in [0, 0.1) is 5.92 Å². The summed E-state index contributed by atoms with van der Waals surface area (Å²) in [5.74, 6) is 0.534. The lowest BCUT2D eigenvalue weighted by atomic mass is 9.95. The van der Waals surface area contributed by atoms with Gasteiger partial charge in [-0.05, 0) is 49.1 Å². The van der Waals surface area contributed by atoms with Crippen molar-refractivity contribution in [3.63, 3.8) is 0 Å². The molecule has 0 radical (unpaired) electrons. The van der Waals surface area contributed by atoms with Crippen molar-refractivity contribution in [2.24, 2.45) is 5.92 Å². The summed E-state index contributed by atoms with van der Waals surface area (Å²) in [7, 11) is 0. The number of hydrogen-bond donors (Lipinski definition) is 1. The Morgan fingerprint density at radius 2 is 1.84 bits per heavy atom. The first-order valence-electron chi connectivity index (χ1n) is 8.59. The van der Waals surface area contributed by atoms with Crippen LogP contribution in [0.3, 0.4) is 0 Å². The molecule has 1 aliphatic rings. The van der Waals surface area contributed by atoms with E-state index in [1.165, 1.54) is 6.42 Å². The monoisotopic (exact) mass is 376 g/mol. The summed E-state index contributed by atoms with van der Waals surface area (Å²) >= 11 is 12.1. The fraction of sp³-hybridized carbons (Fsp3) is 0.350. The number of carbonyl (C=O) groups is 1.